The summed E-state index contributed by atoms with van der Waals surface area (Å²) in [6.07, 6.45) is 0. The average molecular weight is 364 g/mol. The predicted octanol–water partition coefficient (Wildman–Crippen LogP) is 4.06. The van der Waals surface area contributed by atoms with Crippen LogP contribution in [0.1, 0.15) is 16.0 Å². The van der Waals surface area contributed by atoms with Crippen LogP contribution in [-0.2, 0) is 0 Å². The van der Waals surface area contributed by atoms with Gasteiger partial charge >= 0.3 is 0 Å². The van der Waals surface area contributed by atoms with Crippen LogP contribution in [0.4, 0.5) is 5.00 Å². The second kappa shape index (κ2) is 4.59. The topological polar surface area (TPSA) is 88.2 Å². The lowest BCUT2D eigenvalue weighted by Crippen LogP contribution is -2.05. The first-order chi connectivity index (χ1) is 11.9. The molecule has 0 aliphatic carbocycles. The molecule has 4 nitrogen and oxygen atoms in total. The number of hydrogen-bond acceptors (Lipinski definition) is 6. The van der Waals surface area contributed by atoms with E-state index in [1.165, 1.54) is 15.0 Å². The third kappa shape index (κ3) is 1.61. The minimum Gasteiger partial charge on any atom is -0.391 e. The maximum absolute atomic E-state index is 8.71. The van der Waals surface area contributed by atoms with Crippen LogP contribution in [0.2, 0.25) is 0 Å². The summed E-state index contributed by atoms with van der Waals surface area (Å²) in [4.78, 5) is 1.25. The fourth-order valence-electron chi connectivity index (χ4n) is 4.24. The summed E-state index contributed by atoms with van der Waals surface area (Å²) in [5.74, 6) is 5.80. The quantitative estimate of drug-likeness (QED) is 0.286. The lowest BCUT2D eigenvalue weighted by molar-refractivity contribution is 1.17. The molecule has 5 aromatic rings. The highest BCUT2D eigenvalue weighted by molar-refractivity contribution is 7.23. The molecule has 0 atom stereocenters. The average Bonchev–Trinajstić information content (AvgIpc) is 3.24. The van der Waals surface area contributed by atoms with Crippen molar-refractivity contribution in [1.82, 2.24) is 0 Å². The zero-order chi connectivity index (χ0) is 17.6. The van der Waals surface area contributed by atoms with Crippen LogP contribution in [0, 0.1) is 26.2 Å². The molecule has 0 saturated carbocycles. The molecule has 0 bridgehead atoms. The van der Waals surface area contributed by atoms with Gasteiger partial charge in [-0.1, -0.05) is 0 Å². The van der Waals surface area contributed by atoms with Crippen molar-refractivity contribution in [3.05, 3.63) is 38.9 Å². The number of fused-ring (bicyclic) bond motifs is 6. The number of nitrogens with two attached hydrogens (primary N) is 2. The summed E-state index contributed by atoms with van der Waals surface area (Å²) in [5.41, 5.74) is 8.30. The van der Waals surface area contributed by atoms with Gasteiger partial charge in [0.25, 0.3) is 0 Å². The maximum Gasteiger partial charge on any atom is 0.0995 e. The van der Waals surface area contributed by atoms with E-state index >= 15 is 0 Å². The Morgan fingerprint density at radius 2 is 1.52 bits per heavy atom. The van der Waals surface area contributed by atoms with Crippen LogP contribution in [0.3, 0.4) is 0 Å². The van der Waals surface area contributed by atoms with Gasteiger partial charge in [0.1, 0.15) is 0 Å². The second-order valence-corrected chi connectivity index (χ2v) is 8.93. The molecule has 5 rings (SSSR count). The van der Waals surface area contributed by atoms with E-state index < -0.39 is 0 Å². The molecule has 0 spiro atoms. The van der Waals surface area contributed by atoms with Crippen molar-refractivity contribution in [3.8, 4) is 0 Å². The van der Waals surface area contributed by atoms with Gasteiger partial charge in [0, 0.05) is 46.6 Å². The summed E-state index contributed by atoms with van der Waals surface area (Å²) >= 11 is 3.33. The zero-order valence-corrected chi connectivity index (χ0v) is 15.7. The Hall–Kier alpha value is -2.44. The molecule has 124 valence electrons. The number of aryl methyl sites for hydroxylation is 3. The van der Waals surface area contributed by atoms with E-state index in [1.807, 2.05) is 6.07 Å². The second-order valence-electron chi connectivity index (χ2n) is 6.59. The molecule has 0 radical (unpaired) electrons. The Morgan fingerprint density at radius 1 is 0.880 bits per heavy atom. The Bertz CT molecular complexity index is 1460. The monoisotopic (exact) mass is 364 g/mol. The molecule has 2 aromatic heterocycles. The van der Waals surface area contributed by atoms with Crippen molar-refractivity contribution < 1.29 is 0 Å². The van der Waals surface area contributed by atoms with Gasteiger partial charge in [-0.2, -0.15) is 5.10 Å². The van der Waals surface area contributed by atoms with Crippen molar-refractivity contribution in [3.63, 3.8) is 0 Å². The first-order valence-electron chi connectivity index (χ1n) is 7.99. The minimum atomic E-state index is 0.578. The molecule has 0 saturated heterocycles. The Morgan fingerprint density at radius 3 is 2.24 bits per heavy atom. The standard InChI is InChI=1S/C19H16N4S2/c1-6-4-10-17(23-22)13-8(3)14-12(7(2)15(13)19(10)24-6)16(21)9-5-11(20)25-18(9)14/h4-5,21H,20,22H2,1-3H3/b21-16?,23-17+. The minimum absolute atomic E-state index is 0.578. The highest BCUT2D eigenvalue weighted by Gasteiger charge is 2.22. The summed E-state index contributed by atoms with van der Waals surface area (Å²) in [6.45, 7) is 6.34. The molecular formula is C19H16N4S2. The van der Waals surface area contributed by atoms with Crippen LogP contribution in [0.15, 0.2) is 17.2 Å². The summed E-state index contributed by atoms with van der Waals surface area (Å²) in [5, 5.41) is 21.6. The van der Waals surface area contributed by atoms with Gasteiger partial charge in [-0.25, -0.2) is 0 Å². The van der Waals surface area contributed by atoms with Crippen molar-refractivity contribution in [2.45, 2.75) is 20.8 Å². The van der Waals surface area contributed by atoms with Crippen molar-refractivity contribution in [1.29, 1.82) is 5.41 Å². The van der Waals surface area contributed by atoms with Crippen LogP contribution in [-0.4, -0.2) is 0 Å². The summed E-state index contributed by atoms with van der Waals surface area (Å²) in [7, 11) is 0. The van der Waals surface area contributed by atoms with E-state index in [0.717, 1.165) is 53.1 Å². The summed E-state index contributed by atoms with van der Waals surface area (Å²) < 4.78 is 2.33. The molecule has 0 aliphatic heterocycles. The van der Waals surface area contributed by atoms with E-state index in [-0.39, 0.29) is 0 Å². The number of benzene rings is 1. The van der Waals surface area contributed by atoms with E-state index in [1.54, 1.807) is 22.7 Å². The van der Waals surface area contributed by atoms with E-state index in [9.17, 15) is 0 Å². The van der Waals surface area contributed by atoms with E-state index in [2.05, 4.69) is 31.9 Å². The molecule has 2 heterocycles. The fourth-order valence-corrected chi connectivity index (χ4v) is 6.40. The van der Waals surface area contributed by atoms with E-state index in [4.69, 9.17) is 17.0 Å². The smallest absolute Gasteiger partial charge is 0.0995 e. The molecule has 0 unspecified atom stereocenters. The van der Waals surface area contributed by atoms with Crippen LogP contribution < -0.4 is 22.3 Å². The van der Waals surface area contributed by atoms with Gasteiger partial charge in [0.2, 0.25) is 0 Å². The Balaban J connectivity index is 2.23. The van der Waals surface area contributed by atoms with Gasteiger partial charge in [0.15, 0.2) is 0 Å². The molecule has 0 fully saturated rings. The van der Waals surface area contributed by atoms with Gasteiger partial charge < -0.3 is 11.6 Å². The number of anilines is 1. The first kappa shape index (κ1) is 14.9. The molecule has 0 aliphatic rings. The van der Waals surface area contributed by atoms with Gasteiger partial charge in [-0.15, -0.1) is 22.7 Å². The third-order valence-electron chi connectivity index (χ3n) is 5.20. The molecular weight excluding hydrogens is 348 g/mol. The van der Waals surface area contributed by atoms with Gasteiger partial charge in [-0.05, 0) is 44.0 Å². The maximum atomic E-state index is 8.71. The molecule has 5 N–H and O–H groups in total. The molecule has 3 aromatic carbocycles. The van der Waals surface area contributed by atoms with Crippen molar-refractivity contribution in [2.24, 2.45) is 10.9 Å². The van der Waals surface area contributed by atoms with Crippen LogP contribution in [0.25, 0.3) is 41.7 Å². The van der Waals surface area contributed by atoms with Crippen LogP contribution in [0.5, 0.6) is 0 Å². The van der Waals surface area contributed by atoms with Crippen molar-refractivity contribution in [2.75, 3.05) is 5.73 Å². The zero-order valence-electron chi connectivity index (χ0n) is 14.1. The largest absolute Gasteiger partial charge is 0.391 e. The number of nitrogen functional groups attached to an aromatic ring is 1. The molecule has 0 amide bonds. The van der Waals surface area contributed by atoms with E-state index in [0.29, 0.717) is 5.36 Å². The van der Waals surface area contributed by atoms with Crippen LogP contribution >= 0.6 is 22.7 Å². The number of rotatable bonds is 0. The number of nitrogens with one attached hydrogen (secondary N) is 1. The van der Waals surface area contributed by atoms with Crippen molar-refractivity contribution >= 4 is 69.4 Å². The normalized spacial score (nSPS) is 13.3. The fraction of sp³-hybridized carbons (Fsp3) is 0.158. The SMILES string of the molecule is Cc1cc2/c(=N\N)c3c(C)c4c(c(C)c3c2s1)c(=N)c1cc(N)sc14. The number of hydrogen-bond donors (Lipinski definition) is 3. The lowest BCUT2D eigenvalue weighted by atomic mass is 9.98. The lowest BCUT2D eigenvalue weighted by Gasteiger charge is -2.06. The first-order valence-corrected chi connectivity index (χ1v) is 9.62. The van der Waals surface area contributed by atoms with Gasteiger partial charge in [0.05, 0.1) is 15.7 Å². The number of thiophene rings is 2. The molecule has 6 heteroatoms. The molecule has 25 heavy (non-hydrogen) atoms. The Labute approximate surface area is 151 Å². The highest BCUT2D eigenvalue weighted by Crippen LogP contribution is 2.42. The third-order valence-corrected chi connectivity index (χ3v) is 7.25. The Kier molecular flexibility index (Phi) is 2.73. The number of nitrogens with zero attached hydrogens (tertiary/aromatic N) is 1. The predicted molar refractivity (Wildman–Crippen MR) is 109 cm³/mol. The van der Waals surface area contributed by atoms with Gasteiger partial charge in [-0.3, -0.25) is 5.41 Å². The highest BCUT2D eigenvalue weighted by atomic mass is 32.1. The summed E-state index contributed by atoms with van der Waals surface area (Å²) in [6, 6.07) is 4.08.